The van der Waals surface area contributed by atoms with Gasteiger partial charge in [0.1, 0.15) is 11.6 Å². The number of carbonyl (C=O) groups is 1. The number of esters is 1. The van der Waals surface area contributed by atoms with Crippen LogP contribution in [-0.2, 0) is 21.4 Å². The smallest absolute Gasteiger partial charge is 0.338 e. The van der Waals surface area contributed by atoms with Gasteiger partial charge in [0, 0.05) is 10.9 Å². The van der Waals surface area contributed by atoms with E-state index in [4.69, 9.17) is 9.88 Å². The van der Waals surface area contributed by atoms with Crippen molar-refractivity contribution in [1.29, 1.82) is 0 Å². The Morgan fingerprint density at radius 3 is 2.52 bits per heavy atom. The van der Waals surface area contributed by atoms with Gasteiger partial charge in [-0.15, -0.1) is 11.3 Å². The molecule has 0 saturated heterocycles. The molecule has 3 rings (SSSR count). The van der Waals surface area contributed by atoms with Crippen molar-refractivity contribution in [2.75, 3.05) is 0 Å². The number of hydrogen-bond acceptors (Lipinski definition) is 6. The number of ether oxygens (including phenoxy) is 1. The van der Waals surface area contributed by atoms with Crippen LogP contribution in [0.15, 0.2) is 52.7 Å². The van der Waals surface area contributed by atoms with Crippen LogP contribution in [0, 0.1) is 13.8 Å². The van der Waals surface area contributed by atoms with Gasteiger partial charge in [0.15, 0.2) is 0 Å². The summed E-state index contributed by atoms with van der Waals surface area (Å²) < 4.78 is 28.4. The van der Waals surface area contributed by atoms with Gasteiger partial charge in [-0.3, -0.25) is 0 Å². The van der Waals surface area contributed by atoms with E-state index in [1.54, 1.807) is 6.92 Å². The third-order valence-corrected chi connectivity index (χ3v) is 5.92. The third kappa shape index (κ3) is 4.60. The van der Waals surface area contributed by atoms with Crippen LogP contribution in [0.25, 0.3) is 10.6 Å². The average molecular weight is 402 g/mol. The summed E-state index contributed by atoms with van der Waals surface area (Å²) >= 11 is 1.47. The maximum Gasteiger partial charge on any atom is 0.338 e. The summed E-state index contributed by atoms with van der Waals surface area (Å²) in [5.41, 5.74) is 3.39. The Morgan fingerprint density at radius 2 is 1.85 bits per heavy atom. The lowest BCUT2D eigenvalue weighted by molar-refractivity contribution is 0.0468. The van der Waals surface area contributed by atoms with Gasteiger partial charge in [0.05, 0.1) is 16.2 Å². The van der Waals surface area contributed by atoms with E-state index in [9.17, 15) is 13.2 Å². The summed E-state index contributed by atoms with van der Waals surface area (Å²) in [5, 5.41) is 7.84. The Morgan fingerprint density at radius 1 is 1.15 bits per heavy atom. The van der Waals surface area contributed by atoms with E-state index in [0.717, 1.165) is 10.6 Å². The van der Waals surface area contributed by atoms with Gasteiger partial charge in [0.25, 0.3) is 0 Å². The molecule has 8 heteroatoms. The monoisotopic (exact) mass is 402 g/mol. The first kappa shape index (κ1) is 19.2. The highest BCUT2D eigenvalue weighted by atomic mass is 32.2. The fourth-order valence-electron chi connectivity index (χ4n) is 2.46. The largest absolute Gasteiger partial charge is 0.456 e. The molecule has 0 fully saturated rings. The molecule has 0 unspecified atom stereocenters. The van der Waals surface area contributed by atoms with Crippen LogP contribution >= 0.6 is 11.3 Å². The van der Waals surface area contributed by atoms with Crippen molar-refractivity contribution in [1.82, 2.24) is 4.98 Å². The fraction of sp³-hybridized carbons (Fsp3) is 0.158. The lowest BCUT2D eigenvalue weighted by Gasteiger charge is -2.07. The van der Waals surface area contributed by atoms with Gasteiger partial charge < -0.3 is 4.74 Å². The molecule has 0 radical (unpaired) electrons. The van der Waals surface area contributed by atoms with Crippen molar-refractivity contribution in [2.45, 2.75) is 25.3 Å². The molecular weight excluding hydrogens is 384 g/mol. The third-order valence-electron chi connectivity index (χ3n) is 3.93. The van der Waals surface area contributed by atoms with Crippen molar-refractivity contribution in [3.05, 3.63) is 70.2 Å². The zero-order chi connectivity index (χ0) is 19.6. The van der Waals surface area contributed by atoms with Crippen LogP contribution in [-0.4, -0.2) is 19.4 Å². The summed E-state index contributed by atoms with van der Waals surface area (Å²) in [6.07, 6.45) is 0. The summed E-state index contributed by atoms with van der Waals surface area (Å²) in [6.45, 7) is 3.62. The zero-order valence-corrected chi connectivity index (χ0v) is 16.4. The molecule has 27 heavy (non-hydrogen) atoms. The molecule has 140 valence electrons. The molecule has 0 aliphatic carbocycles. The average Bonchev–Trinajstić information content (AvgIpc) is 3.08. The molecule has 0 saturated carbocycles. The molecule has 1 aromatic heterocycles. The van der Waals surface area contributed by atoms with Crippen LogP contribution in [0.4, 0.5) is 0 Å². The second-order valence-electron chi connectivity index (χ2n) is 6.11. The molecule has 0 atom stereocenters. The molecule has 3 aromatic rings. The topological polar surface area (TPSA) is 99.3 Å². The van der Waals surface area contributed by atoms with Gasteiger partial charge in [0.2, 0.25) is 10.0 Å². The van der Waals surface area contributed by atoms with Crippen molar-refractivity contribution in [2.24, 2.45) is 5.14 Å². The fourth-order valence-corrected chi connectivity index (χ4v) is 4.08. The first-order chi connectivity index (χ1) is 12.7. The second kappa shape index (κ2) is 7.59. The molecule has 0 amide bonds. The number of nitrogens with two attached hydrogens (primary N) is 1. The Hall–Kier alpha value is -2.55. The van der Waals surface area contributed by atoms with Gasteiger partial charge in [-0.1, -0.05) is 35.9 Å². The molecule has 0 spiro atoms. The molecule has 6 nitrogen and oxygen atoms in total. The number of aryl methyl sites for hydroxylation is 2. The van der Waals surface area contributed by atoms with E-state index >= 15 is 0 Å². The second-order valence-corrected chi connectivity index (χ2v) is 8.50. The number of primary sulfonamides is 1. The number of benzene rings is 2. The van der Waals surface area contributed by atoms with Crippen molar-refractivity contribution in [3.8, 4) is 10.6 Å². The number of aromatic nitrogens is 1. The molecule has 0 aliphatic heterocycles. The van der Waals surface area contributed by atoms with E-state index < -0.39 is 16.0 Å². The lowest BCUT2D eigenvalue weighted by atomic mass is 10.1. The Bertz CT molecular complexity index is 1090. The number of sulfonamides is 1. The minimum atomic E-state index is -3.91. The highest BCUT2D eigenvalue weighted by molar-refractivity contribution is 7.89. The van der Waals surface area contributed by atoms with E-state index in [1.807, 2.05) is 36.6 Å². The molecule has 0 bridgehead atoms. The van der Waals surface area contributed by atoms with E-state index in [-0.39, 0.29) is 17.1 Å². The van der Waals surface area contributed by atoms with Gasteiger partial charge in [-0.2, -0.15) is 0 Å². The van der Waals surface area contributed by atoms with Gasteiger partial charge in [-0.25, -0.2) is 23.3 Å². The van der Waals surface area contributed by atoms with Crippen LogP contribution in [0.2, 0.25) is 0 Å². The maximum atomic E-state index is 12.2. The van der Waals surface area contributed by atoms with E-state index in [1.165, 1.54) is 35.1 Å². The molecule has 1 heterocycles. The zero-order valence-electron chi connectivity index (χ0n) is 14.8. The number of rotatable bonds is 5. The number of thiazole rings is 1. The van der Waals surface area contributed by atoms with E-state index in [2.05, 4.69) is 4.98 Å². The normalized spacial score (nSPS) is 11.4. The van der Waals surface area contributed by atoms with Gasteiger partial charge in [-0.05, 0) is 31.5 Å². The maximum absolute atomic E-state index is 12.2. The highest BCUT2D eigenvalue weighted by Crippen LogP contribution is 2.24. The molecular formula is C19H18N2O4S2. The van der Waals surface area contributed by atoms with Crippen LogP contribution < -0.4 is 5.14 Å². The standard InChI is InChI=1S/C19H18N2O4S2/c1-12-3-6-14(7-4-12)18-21-16(11-26-18)10-25-19(22)15-8-5-13(2)17(9-15)27(20,23)24/h3-9,11H,10H2,1-2H3,(H2,20,23,24). The minimum Gasteiger partial charge on any atom is -0.456 e. The van der Waals surface area contributed by atoms with Crippen molar-refractivity contribution < 1.29 is 17.9 Å². The van der Waals surface area contributed by atoms with Crippen LogP contribution in [0.5, 0.6) is 0 Å². The number of carbonyl (C=O) groups excluding carboxylic acids is 1. The summed E-state index contributed by atoms with van der Waals surface area (Å²) in [7, 11) is -3.91. The minimum absolute atomic E-state index is 0.000219. The predicted octanol–water partition coefficient (Wildman–Crippen LogP) is 3.43. The molecule has 2 aromatic carbocycles. The van der Waals surface area contributed by atoms with Gasteiger partial charge >= 0.3 is 5.97 Å². The number of hydrogen-bond donors (Lipinski definition) is 1. The Kier molecular flexibility index (Phi) is 5.41. The predicted molar refractivity (Wildman–Crippen MR) is 104 cm³/mol. The molecule has 0 aliphatic rings. The van der Waals surface area contributed by atoms with E-state index in [0.29, 0.717) is 11.3 Å². The quantitative estimate of drug-likeness (QED) is 0.659. The summed E-state index contributed by atoms with van der Waals surface area (Å²) in [5.74, 6) is -0.634. The SMILES string of the molecule is Cc1ccc(-c2nc(COC(=O)c3ccc(C)c(S(N)(=O)=O)c3)cs2)cc1. The summed E-state index contributed by atoms with van der Waals surface area (Å²) in [6, 6.07) is 12.3. The van der Waals surface area contributed by atoms with Crippen LogP contribution in [0.1, 0.15) is 27.2 Å². The Labute approximate surface area is 161 Å². The highest BCUT2D eigenvalue weighted by Gasteiger charge is 2.16. The number of nitrogens with zero attached hydrogens (tertiary/aromatic N) is 1. The summed E-state index contributed by atoms with van der Waals surface area (Å²) in [4.78, 5) is 16.6. The Balaban J connectivity index is 1.71. The van der Waals surface area contributed by atoms with Crippen molar-refractivity contribution in [3.63, 3.8) is 0 Å². The van der Waals surface area contributed by atoms with Crippen molar-refractivity contribution >= 4 is 27.3 Å². The van der Waals surface area contributed by atoms with Crippen LogP contribution in [0.3, 0.4) is 0 Å². The molecule has 2 N–H and O–H groups in total. The first-order valence-electron chi connectivity index (χ1n) is 8.06. The first-order valence-corrected chi connectivity index (χ1v) is 10.5. The lowest BCUT2D eigenvalue weighted by Crippen LogP contribution is -2.15.